The third kappa shape index (κ3) is 1.15. The molecular formula is C8H13NO. The number of nitrogens with zero attached hydrogens (tertiary/aromatic N) is 1. The molecule has 0 saturated heterocycles. The number of ether oxygens (including phenoxy) is 1. The Morgan fingerprint density at radius 1 is 1.70 bits per heavy atom. The zero-order chi connectivity index (χ0) is 7.61. The lowest BCUT2D eigenvalue weighted by molar-refractivity contribution is -0.0772. The van der Waals surface area contributed by atoms with E-state index in [1.54, 1.807) is 0 Å². The van der Waals surface area contributed by atoms with E-state index in [-0.39, 0.29) is 0 Å². The summed E-state index contributed by atoms with van der Waals surface area (Å²) in [6.07, 6.45) is 1.83. The van der Waals surface area contributed by atoms with Crippen LogP contribution in [0.1, 0.15) is 26.7 Å². The predicted molar refractivity (Wildman–Crippen MR) is 38.4 cm³/mol. The van der Waals surface area contributed by atoms with E-state index in [9.17, 15) is 0 Å². The summed E-state index contributed by atoms with van der Waals surface area (Å²) in [4.78, 5) is 0. The minimum Gasteiger partial charge on any atom is -0.360 e. The summed E-state index contributed by atoms with van der Waals surface area (Å²) in [6.45, 7) is 4.73. The Bertz CT molecular complexity index is 148. The van der Waals surface area contributed by atoms with Crippen molar-refractivity contribution in [2.75, 3.05) is 6.61 Å². The normalized spacial score (nSPS) is 38.3. The molecule has 2 heteroatoms. The molecular weight excluding hydrogens is 126 g/mol. The molecule has 0 atom stereocenters. The van der Waals surface area contributed by atoms with Crippen molar-refractivity contribution in [1.82, 2.24) is 0 Å². The van der Waals surface area contributed by atoms with Crippen LogP contribution in [0.15, 0.2) is 0 Å². The van der Waals surface area contributed by atoms with E-state index in [0.29, 0.717) is 12.5 Å². The zero-order valence-corrected chi connectivity index (χ0v) is 6.55. The molecule has 0 radical (unpaired) electrons. The lowest BCUT2D eigenvalue weighted by Crippen LogP contribution is -2.43. The number of hydrogen-bond donors (Lipinski definition) is 0. The molecule has 2 nitrogen and oxygen atoms in total. The average molecular weight is 139 g/mol. The lowest BCUT2D eigenvalue weighted by Gasteiger charge is -2.40. The molecule has 0 aromatic heterocycles. The van der Waals surface area contributed by atoms with Gasteiger partial charge in [-0.3, -0.25) is 0 Å². The van der Waals surface area contributed by atoms with Gasteiger partial charge in [-0.15, -0.1) is 0 Å². The molecule has 0 amide bonds. The second-order valence-corrected chi connectivity index (χ2v) is 3.05. The number of hydrogen-bond acceptors (Lipinski definition) is 2. The second-order valence-electron chi connectivity index (χ2n) is 3.05. The topological polar surface area (TPSA) is 33.0 Å². The van der Waals surface area contributed by atoms with E-state index in [2.05, 4.69) is 13.0 Å². The molecule has 0 aliphatic heterocycles. The maximum atomic E-state index is 8.71. The summed E-state index contributed by atoms with van der Waals surface area (Å²) >= 11 is 0. The van der Waals surface area contributed by atoms with Crippen LogP contribution in [0.25, 0.3) is 0 Å². The Morgan fingerprint density at radius 2 is 2.30 bits per heavy atom. The maximum absolute atomic E-state index is 8.71. The van der Waals surface area contributed by atoms with Crippen LogP contribution in [-0.4, -0.2) is 12.2 Å². The van der Waals surface area contributed by atoms with Crippen LogP contribution < -0.4 is 0 Å². The highest BCUT2D eigenvalue weighted by Gasteiger charge is 2.43. The van der Waals surface area contributed by atoms with Crippen LogP contribution in [0.3, 0.4) is 0 Å². The van der Waals surface area contributed by atoms with Crippen molar-refractivity contribution in [3.8, 4) is 6.07 Å². The fraction of sp³-hybridized carbons (Fsp3) is 0.875. The van der Waals surface area contributed by atoms with Crippen LogP contribution in [-0.2, 0) is 4.74 Å². The third-order valence-corrected chi connectivity index (χ3v) is 1.98. The summed E-state index contributed by atoms with van der Waals surface area (Å²) in [5.74, 6) is 0.672. The Hall–Kier alpha value is -0.550. The summed E-state index contributed by atoms with van der Waals surface area (Å²) in [5.41, 5.74) is -0.409. The van der Waals surface area contributed by atoms with E-state index in [0.717, 1.165) is 12.8 Å². The van der Waals surface area contributed by atoms with Gasteiger partial charge in [0.1, 0.15) is 0 Å². The van der Waals surface area contributed by atoms with Gasteiger partial charge in [0.05, 0.1) is 6.07 Å². The van der Waals surface area contributed by atoms with E-state index in [1.165, 1.54) is 0 Å². The molecule has 0 aromatic carbocycles. The molecule has 56 valence electrons. The number of nitriles is 1. The van der Waals surface area contributed by atoms with Gasteiger partial charge >= 0.3 is 0 Å². The highest BCUT2D eigenvalue weighted by atomic mass is 16.5. The van der Waals surface area contributed by atoms with Gasteiger partial charge in [0, 0.05) is 6.61 Å². The second kappa shape index (κ2) is 2.59. The number of rotatable bonds is 2. The van der Waals surface area contributed by atoms with Gasteiger partial charge in [0.2, 0.25) is 0 Å². The molecule has 0 bridgehead atoms. The zero-order valence-electron chi connectivity index (χ0n) is 6.55. The van der Waals surface area contributed by atoms with Crippen LogP contribution in [0.2, 0.25) is 0 Å². The molecule has 0 aromatic rings. The van der Waals surface area contributed by atoms with Gasteiger partial charge in [0.15, 0.2) is 5.60 Å². The van der Waals surface area contributed by atoms with Crippen molar-refractivity contribution in [3.63, 3.8) is 0 Å². The van der Waals surface area contributed by atoms with Crippen molar-refractivity contribution in [2.45, 2.75) is 32.3 Å². The van der Waals surface area contributed by atoms with Crippen LogP contribution in [0.4, 0.5) is 0 Å². The van der Waals surface area contributed by atoms with Gasteiger partial charge in [-0.25, -0.2) is 0 Å². The predicted octanol–water partition coefficient (Wildman–Crippen LogP) is 1.72. The molecule has 1 fully saturated rings. The SMILES string of the molecule is CCOC1(C#N)CC(C)C1. The molecule has 10 heavy (non-hydrogen) atoms. The first-order valence-electron chi connectivity index (χ1n) is 3.77. The standard InChI is InChI=1S/C8H13NO/c1-3-10-8(6-9)4-7(2)5-8/h7H,3-5H2,1-2H3. The van der Waals surface area contributed by atoms with E-state index >= 15 is 0 Å². The highest BCUT2D eigenvalue weighted by molar-refractivity contribution is 5.10. The largest absolute Gasteiger partial charge is 0.360 e. The molecule has 1 rings (SSSR count). The van der Waals surface area contributed by atoms with Gasteiger partial charge < -0.3 is 4.74 Å². The minimum atomic E-state index is -0.409. The molecule has 0 spiro atoms. The van der Waals surface area contributed by atoms with Gasteiger partial charge in [0.25, 0.3) is 0 Å². The Balaban J connectivity index is 2.42. The van der Waals surface area contributed by atoms with E-state index in [1.807, 2.05) is 6.92 Å². The van der Waals surface area contributed by atoms with E-state index < -0.39 is 5.60 Å². The first-order chi connectivity index (χ1) is 4.72. The molecule has 0 heterocycles. The van der Waals surface area contributed by atoms with Crippen molar-refractivity contribution in [3.05, 3.63) is 0 Å². The van der Waals surface area contributed by atoms with Crippen LogP contribution in [0.5, 0.6) is 0 Å². The van der Waals surface area contributed by atoms with Crippen molar-refractivity contribution >= 4 is 0 Å². The Kier molecular flexibility index (Phi) is 1.96. The Labute approximate surface area is 61.8 Å². The first kappa shape index (κ1) is 7.56. The monoisotopic (exact) mass is 139 g/mol. The van der Waals surface area contributed by atoms with Crippen molar-refractivity contribution in [1.29, 1.82) is 5.26 Å². The lowest BCUT2D eigenvalue weighted by atomic mass is 9.73. The quantitative estimate of drug-likeness (QED) is 0.583. The van der Waals surface area contributed by atoms with Gasteiger partial charge in [-0.1, -0.05) is 6.92 Å². The fourth-order valence-electron chi connectivity index (χ4n) is 1.58. The van der Waals surface area contributed by atoms with Crippen molar-refractivity contribution < 1.29 is 4.74 Å². The molecule has 0 N–H and O–H groups in total. The molecule has 1 saturated carbocycles. The smallest absolute Gasteiger partial charge is 0.154 e. The summed E-state index contributed by atoms with van der Waals surface area (Å²) in [5, 5.41) is 8.71. The molecule has 0 unspecified atom stereocenters. The minimum absolute atomic E-state index is 0.409. The highest BCUT2D eigenvalue weighted by Crippen LogP contribution is 2.39. The van der Waals surface area contributed by atoms with E-state index in [4.69, 9.17) is 10.00 Å². The first-order valence-corrected chi connectivity index (χ1v) is 3.77. The summed E-state index contributed by atoms with van der Waals surface area (Å²) in [7, 11) is 0. The van der Waals surface area contributed by atoms with Gasteiger partial charge in [-0.2, -0.15) is 5.26 Å². The van der Waals surface area contributed by atoms with Gasteiger partial charge in [-0.05, 0) is 25.7 Å². The maximum Gasteiger partial charge on any atom is 0.154 e. The Morgan fingerprint density at radius 3 is 2.60 bits per heavy atom. The fourth-order valence-corrected chi connectivity index (χ4v) is 1.58. The third-order valence-electron chi connectivity index (χ3n) is 1.98. The summed E-state index contributed by atoms with van der Waals surface area (Å²) in [6, 6.07) is 2.22. The molecule has 1 aliphatic carbocycles. The average Bonchev–Trinajstić information content (AvgIpc) is 1.84. The van der Waals surface area contributed by atoms with Crippen LogP contribution in [0, 0.1) is 17.2 Å². The summed E-state index contributed by atoms with van der Waals surface area (Å²) < 4.78 is 5.32. The molecule has 1 aliphatic rings. The van der Waals surface area contributed by atoms with Crippen LogP contribution >= 0.6 is 0 Å². The van der Waals surface area contributed by atoms with Crippen molar-refractivity contribution in [2.24, 2.45) is 5.92 Å².